The summed E-state index contributed by atoms with van der Waals surface area (Å²) in [7, 11) is 2.11. The second-order valence-corrected chi connectivity index (χ2v) is 6.24. The van der Waals surface area contributed by atoms with Crippen LogP contribution in [0.25, 0.3) is 5.65 Å². The minimum atomic E-state index is 0.743. The highest BCUT2D eigenvalue weighted by Gasteiger charge is 2.06. The quantitative estimate of drug-likeness (QED) is 0.311. The number of pyridine rings is 1. The van der Waals surface area contributed by atoms with Gasteiger partial charge in [0.2, 0.25) is 0 Å². The highest BCUT2D eigenvalue weighted by atomic mass is 15.3. The number of rotatable bonds is 10. The van der Waals surface area contributed by atoms with Crippen LogP contribution in [-0.2, 0) is 6.42 Å². The van der Waals surface area contributed by atoms with Gasteiger partial charge >= 0.3 is 0 Å². The molecule has 0 saturated heterocycles. The summed E-state index contributed by atoms with van der Waals surface area (Å²) in [6, 6.07) is 6.05. The van der Waals surface area contributed by atoms with Gasteiger partial charge in [0.1, 0.15) is 5.65 Å². The van der Waals surface area contributed by atoms with Crippen LogP contribution in [0.3, 0.4) is 0 Å². The SMILES string of the molecule is C=CCCCCCN(C)C(=NCCc1cn2ccccc2n1)NCC. The lowest BCUT2D eigenvalue weighted by molar-refractivity contribution is 0.455. The first-order valence-corrected chi connectivity index (χ1v) is 9.27. The minimum Gasteiger partial charge on any atom is -0.357 e. The van der Waals surface area contributed by atoms with Gasteiger partial charge in [0.15, 0.2) is 5.96 Å². The number of allylic oxidation sites excluding steroid dienone is 1. The first-order valence-electron chi connectivity index (χ1n) is 9.27. The van der Waals surface area contributed by atoms with Gasteiger partial charge < -0.3 is 14.6 Å². The van der Waals surface area contributed by atoms with Gasteiger partial charge in [-0.2, -0.15) is 0 Å². The lowest BCUT2D eigenvalue weighted by Gasteiger charge is -2.22. The second kappa shape index (κ2) is 10.5. The van der Waals surface area contributed by atoms with E-state index >= 15 is 0 Å². The van der Waals surface area contributed by atoms with Crippen molar-refractivity contribution in [1.29, 1.82) is 0 Å². The van der Waals surface area contributed by atoms with Crippen LogP contribution in [0.15, 0.2) is 48.2 Å². The van der Waals surface area contributed by atoms with Gasteiger partial charge in [0.05, 0.1) is 5.69 Å². The number of fused-ring (bicyclic) bond motifs is 1. The van der Waals surface area contributed by atoms with Crippen molar-refractivity contribution in [3.8, 4) is 0 Å². The van der Waals surface area contributed by atoms with Crippen LogP contribution in [0.5, 0.6) is 0 Å². The Morgan fingerprint density at radius 1 is 1.36 bits per heavy atom. The second-order valence-electron chi connectivity index (χ2n) is 6.24. The third-order valence-electron chi connectivity index (χ3n) is 4.14. The number of guanidine groups is 1. The molecule has 2 heterocycles. The predicted octanol–water partition coefficient (Wildman–Crippen LogP) is 3.52. The summed E-state index contributed by atoms with van der Waals surface area (Å²) in [6.45, 7) is 8.53. The normalized spacial score (nSPS) is 11.7. The number of hydrogen-bond donors (Lipinski definition) is 1. The van der Waals surface area contributed by atoms with E-state index in [1.807, 2.05) is 30.5 Å². The molecule has 0 atom stereocenters. The number of aromatic nitrogens is 2. The molecule has 0 fully saturated rings. The summed E-state index contributed by atoms with van der Waals surface area (Å²) in [4.78, 5) is 11.6. The van der Waals surface area contributed by atoms with Crippen molar-refractivity contribution < 1.29 is 0 Å². The molecular formula is C20H31N5. The maximum atomic E-state index is 4.76. The van der Waals surface area contributed by atoms with Crippen molar-refractivity contribution in [3.63, 3.8) is 0 Å². The molecule has 136 valence electrons. The van der Waals surface area contributed by atoms with Crippen molar-refractivity contribution in [2.45, 2.75) is 39.0 Å². The molecular weight excluding hydrogens is 310 g/mol. The highest BCUT2D eigenvalue weighted by molar-refractivity contribution is 5.79. The number of unbranched alkanes of at least 4 members (excludes halogenated alkanes) is 3. The smallest absolute Gasteiger partial charge is 0.193 e. The molecule has 0 aliphatic rings. The molecule has 0 bridgehead atoms. The highest BCUT2D eigenvalue weighted by Crippen LogP contribution is 2.05. The van der Waals surface area contributed by atoms with Crippen molar-refractivity contribution in [3.05, 3.63) is 48.9 Å². The summed E-state index contributed by atoms with van der Waals surface area (Å²) in [5.74, 6) is 0.981. The van der Waals surface area contributed by atoms with Gasteiger partial charge in [-0.25, -0.2) is 4.98 Å². The Bertz CT molecular complexity index is 641. The molecule has 0 amide bonds. The molecule has 2 aromatic heterocycles. The van der Waals surface area contributed by atoms with E-state index in [1.54, 1.807) is 0 Å². The molecule has 0 unspecified atom stereocenters. The molecule has 5 nitrogen and oxygen atoms in total. The number of aliphatic imine (C=N–C) groups is 1. The maximum absolute atomic E-state index is 4.76. The first kappa shape index (κ1) is 19.0. The van der Waals surface area contributed by atoms with E-state index in [4.69, 9.17) is 4.99 Å². The molecule has 0 radical (unpaired) electrons. The lowest BCUT2D eigenvalue weighted by Crippen LogP contribution is -2.39. The Morgan fingerprint density at radius 3 is 3.00 bits per heavy atom. The Hall–Kier alpha value is -2.30. The topological polar surface area (TPSA) is 44.9 Å². The maximum Gasteiger partial charge on any atom is 0.193 e. The zero-order valence-corrected chi connectivity index (χ0v) is 15.6. The molecule has 5 heteroatoms. The summed E-state index contributed by atoms with van der Waals surface area (Å²) in [5, 5.41) is 3.38. The summed E-state index contributed by atoms with van der Waals surface area (Å²) < 4.78 is 2.06. The van der Waals surface area contributed by atoms with Crippen molar-refractivity contribution >= 4 is 11.6 Å². The molecule has 1 N–H and O–H groups in total. The molecule has 0 aliphatic carbocycles. The van der Waals surface area contributed by atoms with Crippen molar-refractivity contribution in [1.82, 2.24) is 19.6 Å². The van der Waals surface area contributed by atoms with E-state index in [0.29, 0.717) is 0 Å². The van der Waals surface area contributed by atoms with Gasteiger partial charge in [0.25, 0.3) is 0 Å². The summed E-state index contributed by atoms with van der Waals surface area (Å²) in [5.41, 5.74) is 2.07. The van der Waals surface area contributed by atoms with E-state index in [-0.39, 0.29) is 0 Å². The van der Waals surface area contributed by atoms with Crippen LogP contribution in [0, 0.1) is 0 Å². The van der Waals surface area contributed by atoms with Crippen LogP contribution >= 0.6 is 0 Å². The standard InChI is InChI=1S/C20H31N5/c1-4-6-7-8-10-15-24(3)20(21-5-2)22-14-13-18-17-25-16-11-9-12-19(25)23-18/h4,9,11-12,16-17H,1,5-8,10,13-15H2,2-3H3,(H,21,22). The van der Waals surface area contributed by atoms with Gasteiger partial charge in [-0.05, 0) is 38.3 Å². The Kier molecular flexibility index (Phi) is 8.02. The largest absolute Gasteiger partial charge is 0.357 e. The van der Waals surface area contributed by atoms with Gasteiger partial charge in [-0.3, -0.25) is 4.99 Å². The zero-order valence-electron chi connectivity index (χ0n) is 15.6. The zero-order chi connectivity index (χ0) is 17.9. The Balaban J connectivity index is 1.84. The van der Waals surface area contributed by atoms with E-state index in [0.717, 1.165) is 49.8 Å². The fourth-order valence-corrected chi connectivity index (χ4v) is 2.77. The third kappa shape index (κ3) is 6.25. The first-order chi connectivity index (χ1) is 12.2. The van der Waals surface area contributed by atoms with Crippen LogP contribution in [0.4, 0.5) is 0 Å². The monoisotopic (exact) mass is 341 g/mol. The van der Waals surface area contributed by atoms with Gasteiger partial charge in [-0.1, -0.05) is 18.6 Å². The summed E-state index contributed by atoms with van der Waals surface area (Å²) in [6.07, 6.45) is 11.7. The third-order valence-corrected chi connectivity index (χ3v) is 4.14. The molecule has 2 rings (SSSR count). The predicted molar refractivity (Wildman–Crippen MR) is 106 cm³/mol. The fraction of sp³-hybridized carbons (Fsp3) is 0.500. The van der Waals surface area contributed by atoms with E-state index in [9.17, 15) is 0 Å². The molecule has 0 saturated carbocycles. The van der Waals surface area contributed by atoms with E-state index in [2.05, 4.69) is 46.3 Å². The van der Waals surface area contributed by atoms with Crippen LogP contribution in [-0.4, -0.2) is 46.9 Å². The number of nitrogens with zero attached hydrogens (tertiary/aromatic N) is 4. The average molecular weight is 342 g/mol. The molecule has 2 aromatic rings. The van der Waals surface area contributed by atoms with Crippen molar-refractivity contribution in [2.75, 3.05) is 26.7 Å². The number of nitrogens with one attached hydrogen (secondary N) is 1. The number of hydrogen-bond acceptors (Lipinski definition) is 2. The van der Waals surface area contributed by atoms with E-state index in [1.165, 1.54) is 19.3 Å². The molecule has 0 spiro atoms. The van der Waals surface area contributed by atoms with Gasteiger partial charge in [-0.15, -0.1) is 6.58 Å². The number of imidazole rings is 1. The summed E-state index contributed by atoms with van der Waals surface area (Å²) >= 11 is 0. The van der Waals surface area contributed by atoms with Crippen LogP contribution in [0.1, 0.15) is 38.3 Å². The van der Waals surface area contributed by atoms with Crippen LogP contribution in [0.2, 0.25) is 0 Å². The Labute approximate surface area is 151 Å². The minimum absolute atomic E-state index is 0.743. The van der Waals surface area contributed by atoms with Crippen molar-refractivity contribution in [2.24, 2.45) is 4.99 Å². The Morgan fingerprint density at radius 2 is 2.24 bits per heavy atom. The fourth-order valence-electron chi connectivity index (χ4n) is 2.77. The molecule has 0 aliphatic heterocycles. The molecule has 25 heavy (non-hydrogen) atoms. The van der Waals surface area contributed by atoms with Gasteiger partial charge in [0, 0.05) is 45.5 Å². The lowest BCUT2D eigenvalue weighted by atomic mass is 10.2. The average Bonchev–Trinajstić information content (AvgIpc) is 3.03. The molecule has 0 aromatic carbocycles. The van der Waals surface area contributed by atoms with E-state index < -0.39 is 0 Å². The van der Waals surface area contributed by atoms with Crippen LogP contribution < -0.4 is 5.32 Å².